The number of fused-ring (bicyclic) bond motifs is 1. The fourth-order valence-corrected chi connectivity index (χ4v) is 2.44. The second-order valence-corrected chi connectivity index (χ2v) is 4.54. The van der Waals surface area contributed by atoms with Gasteiger partial charge in [-0.25, -0.2) is 5.26 Å². The standard InChI is InChI=1S/C10H10BF3N4O/c1-5-8(9(16)19)6-2-11(4-15)7(10(12,13)14)3-18(6)17-5/h7H,2-3H2,1H3,(H2,16,19). The van der Waals surface area contributed by atoms with Crippen LogP contribution in [0.25, 0.3) is 0 Å². The van der Waals surface area contributed by atoms with Gasteiger partial charge in [0.2, 0.25) is 0 Å². The summed E-state index contributed by atoms with van der Waals surface area (Å²) in [4.78, 5) is 11.3. The molecule has 19 heavy (non-hydrogen) atoms. The minimum Gasteiger partial charge on any atom is -0.365 e. The van der Waals surface area contributed by atoms with E-state index in [-0.39, 0.29) is 11.9 Å². The smallest absolute Gasteiger partial charge is 0.365 e. The Hall–Kier alpha value is -1.98. The first-order valence-corrected chi connectivity index (χ1v) is 5.58. The van der Waals surface area contributed by atoms with Crippen molar-refractivity contribution >= 4 is 12.6 Å². The van der Waals surface area contributed by atoms with Crippen molar-refractivity contribution in [2.45, 2.75) is 31.8 Å². The molecule has 9 heteroatoms. The van der Waals surface area contributed by atoms with E-state index in [1.54, 1.807) is 5.97 Å². The summed E-state index contributed by atoms with van der Waals surface area (Å²) in [7, 11) is 0. The monoisotopic (exact) mass is 270 g/mol. The molecule has 2 N–H and O–H groups in total. The lowest BCUT2D eigenvalue weighted by molar-refractivity contribution is -0.138. The maximum absolute atomic E-state index is 12.9. The van der Waals surface area contributed by atoms with Gasteiger partial charge in [0.1, 0.15) is 0 Å². The summed E-state index contributed by atoms with van der Waals surface area (Å²) < 4.78 is 39.7. The Labute approximate surface area is 107 Å². The highest BCUT2D eigenvalue weighted by atomic mass is 19.4. The lowest BCUT2D eigenvalue weighted by atomic mass is 9.38. The van der Waals surface area contributed by atoms with Crippen molar-refractivity contribution in [3.05, 3.63) is 17.0 Å². The fraction of sp³-hybridized carbons (Fsp3) is 0.500. The van der Waals surface area contributed by atoms with E-state index in [0.717, 1.165) is 4.68 Å². The Morgan fingerprint density at radius 2 is 2.26 bits per heavy atom. The van der Waals surface area contributed by atoms with Crippen LogP contribution in [0.5, 0.6) is 0 Å². The molecule has 0 saturated carbocycles. The van der Waals surface area contributed by atoms with Crippen molar-refractivity contribution in [1.82, 2.24) is 9.78 Å². The molecule has 0 aromatic carbocycles. The zero-order valence-corrected chi connectivity index (χ0v) is 10.0. The average molecular weight is 270 g/mol. The molecule has 0 radical (unpaired) electrons. The number of alkyl halides is 3. The van der Waals surface area contributed by atoms with E-state index >= 15 is 0 Å². The molecule has 1 aliphatic rings. The molecule has 0 saturated heterocycles. The first-order valence-electron chi connectivity index (χ1n) is 5.58. The number of amides is 1. The normalized spacial score (nSPS) is 18.9. The lowest BCUT2D eigenvalue weighted by Gasteiger charge is -2.27. The second-order valence-electron chi connectivity index (χ2n) is 4.54. The highest BCUT2D eigenvalue weighted by Gasteiger charge is 2.50. The summed E-state index contributed by atoms with van der Waals surface area (Å²) in [5.41, 5.74) is 5.93. The summed E-state index contributed by atoms with van der Waals surface area (Å²) in [5.74, 6) is -0.845. The van der Waals surface area contributed by atoms with Gasteiger partial charge >= 0.3 is 6.18 Å². The summed E-state index contributed by atoms with van der Waals surface area (Å²) in [6.45, 7) is -0.165. The molecule has 0 aliphatic carbocycles. The number of rotatable bonds is 1. The van der Waals surface area contributed by atoms with Crippen LogP contribution in [0.1, 0.15) is 21.7 Å². The first kappa shape index (κ1) is 13.5. The molecule has 1 aliphatic heterocycles. The Morgan fingerprint density at radius 3 is 2.74 bits per heavy atom. The van der Waals surface area contributed by atoms with Gasteiger partial charge < -0.3 is 5.73 Å². The summed E-state index contributed by atoms with van der Waals surface area (Å²) in [6.07, 6.45) is -4.63. The number of carbonyl (C=O) groups excluding carboxylic acids is 1. The van der Waals surface area contributed by atoms with E-state index in [1.807, 2.05) is 0 Å². The quantitative estimate of drug-likeness (QED) is 0.768. The van der Waals surface area contributed by atoms with Crippen LogP contribution in [0.15, 0.2) is 0 Å². The molecule has 1 atom stereocenters. The van der Waals surface area contributed by atoms with Gasteiger partial charge in [0.15, 0.2) is 0 Å². The zero-order valence-electron chi connectivity index (χ0n) is 10.0. The third-order valence-electron chi connectivity index (χ3n) is 3.33. The van der Waals surface area contributed by atoms with Gasteiger partial charge in [-0.3, -0.25) is 9.48 Å². The van der Waals surface area contributed by atoms with Crippen molar-refractivity contribution in [2.75, 3.05) is 0 Å². The first-order chi connectivity index (χ1) is 8.75. The van der Waals surface area contributed by atoms with E-state index in [9.17, 15) is 18.0 Å². The zero-order chi connectivity index (χ0) is 14.4. The van der Waals surface area contributed by atoms with Crippen molar-refractivity contribution in [3.63, 3.8) is 0 Å². The molecule has 2 heterocycles. The molecule has 1 amide bonds. The van der Waals surface area contributed by atoms with Gasteiger partial charge in [-0.05, 0) is 13.2 Å². The number of primary amides is 1. The molecule has 0 spiro atoms. The van der Waals surface area contributed by atoms with Gasteiger partial charge in [-0.15, -0.1) is 0 Å². The Kier molecular flexibility index (Phi) is 3.04. The summed E-state index contributed by atoms with van der Waals surface area (Å²) in [5, 5.41) is 12.8. The van der Waals surface area contributed by atoms with E-state index in [4.69, 9.17) is 11.0 Å². The number of carbonyl (C=O) groups is 1. The minimum absolute atomic E-state index is 0.126. The average Bonchev–Trinajstić information content (AvgIpc) is 2.60. The topological polar surface area (TPSA) is 84.7 Å². The molecule has 100 valence electrons. The van der Waals surface area contributed by atoms with Gasteiger partial charge in [0, 0.05) is 18.2 Å². The molecule has 1 unspecified atom stereocenters. The third kappa shape index (κ3) is 2.18. The van der Waals surface area contributed by atoms with Crippen molar-refractivity contribution in [1.29, 1.82) is 5.26 Å². The van der Waals surface area contributed by atoms with Crippen LogP contribution >= 0.6 is 0 Å². The van der Waals surface area contributed by atoms with Crippen LogP contribution in [-0.2, 0) is 12.9 Å². The van der Waals surface area contributed by atoms with Crippen LogP contribution < -0.4 is 5.73 Å². The molecule has 1 aromatic heterocycles. The summed E-state index contributed by atoms with van der Waals surface area (Å²) >= 11 is 0. The number of aryl methyl sites for hydroxylation is 1. The second kappa shape index (κ2) is 4.29. The Bertz CT molecular complexity index is 575. The third-order valence-corrected chi connectivity index (χ3v) is 3.33. The molecule has 2 rings (SSSR count). The largest absolute Gasteiger partial charge is 0.388 e. The molecular weight excluding hydrogens is 260 g/mol. The van der Waals surface area contributed by atoms with Crippen LogP contribution in [0.3, 0.4) is 0 Å². The van der Waals surface area contributed by atoms with Gasteiger partial charge in [0.05, 0.1) is 17.1 Å². The number of hydrogen-bond acceptors (Lipinski definition) is 3. The lowest BCUT2D eigenvalue weighted by Crippen LogP contribution is -2.41. The molecule has 0 fully saturated rings. The number of aromatic nitrogens is 2. The molecular formula is C10H10BF3N4O. The minimum atomic E-state index is -4.47. The SMILES string of the molecule is Cc1nn2c(c1C(N)=O)CB(C#N)C(C(F)(F)F)C2. The van der Waals surface area contributed by atoms with E-state index in [2.05, 4.69) is 5.10 Å². The maximum Gasteiger partial charge on any atom is 0.388 e. The number of hydrogen-bond donors (Lipinski definition) is 1. The van der Waals surface area contributed by atoms with E-state index in [0.29, 0.717) is 11.4 Å². The number of nitrogens with zero attached hydrogens (tertiary/aromatic N) is 3. The van der Waals surface area contributed by atoms with Crippen LogP contribution in [0.4, 0.5) is 13.2 Å². The van der Waals surface area contributed by atoms with Crippen LogP contribution in [0.2, 0.25) is 5.82 Å². The van der Waals surface area contributed by atoms with Gasteiger partial charge in [-0.2, -0.15) is 18.3 Å². The number of halogens is 3. The Morgan fingerprint density at radius 1 is 1.63 bits per heavy atom. The van der Waals surface area contributed by atoms with Crippen molar-refractivity contribution in [3.8, 4) is 5.97 Å². The van der Waals surface area contributed by atoms with Crippen LogP contribution in [0, 0.1) is 18.2 Å². The number of nitriles is 1. The predicted molar refractivity (Wildman–Crippen MR) is 60.4 cm³/mol. The molecule has 0 bridgehead atoms. The van der Waals surface area contributed by atoms with Crippen molar-refractivity contribution < 1.29 is 18.0 Å². The van der Waals surface area contributed by atoms with E-state index in [1.165, 1.54) is 6.92 Å². The van der Waals surface area contributed by atoms with E-state index < -0.39 is 31.2 Å². The molecule has 1 aromatic rings. The highest BCUT2D eigenvalue weighted by Crippen LogP contribution is 2.39. The number of nitrogens with two attached hydrogens (primary N) is 1. The maximum atomic E-state index is 12.9. The fourth-order valence-electron chi connectivity index (χ4n) is 2.44. The highest BCUT2D eigenvalue weighted by molar-refractivity contribution is 6.68. The predicted octanol–water partition coefficient (Wildman–Crippen LogP) is 0.876. The van der Waals surface area contributed by atoms with Crippen LogP contribution in [-0.4, -0.2) is 28.6 Å². The summed E-state index contributed by atoms with van der Waals surface area (Å²) in [6, 6.07) is 0. The van der Waals surface area contributed by atoms with Gasteiger partial charge in [0.25, 0.3) is 12.6 Å². The molecule has 5 nitrogen and oxygen atoms in total. The Balaban J connectivity index is 2.48. The van der Waals surface area contributed by atoms with Gasteiger partial charge in [-0.1, -0.05) is 0 Å². The van der Waals surface area contributed by atoms with Crippen molar-refractivity contribution in [2.24, 2.45) is 5.73 Å².